The Bertz CT molecular complexity index is 1030. The second kappa shape index (κ2) is 13.0. The van der Waals surface area contributed by atoms with Gasteiger partial charge in [-0.15, -0.1) is 13.2 Å². The minimum Gasteiger partial charge on any atom is -0.378 e. The van der Waals surface area contributed by atoms with E-state index in [4.69, 9.17) is 4.74 Å². The first-order chi connectivity index (χ1) is 21.0. The van der Waals surface area contributed by atoms with Crippen molar-refractivity contribution < 1.29 is 14.3 Å². The average molecular weight is 611 g/mol. The number of ether oxygens (including phenoxy) is 1. The Kier molecular flexibility index (Phi) is 10.1. The molecule has 1 heterocycles. The molecule has 5 nitrogen and oxygen atoms in total. The van der Waals surface area contributed by atoms with E-state index in [0.717, 1.165) is 42.4 Å². The van der Waals surface area contributed by atoms with Gasteiger partial charge in [0, 0.05) is 25.0 Å². The van der Waals surface area contributed by atoms with E-state index in [-0.39, 0.29) is 23.8 Å². The lowest BCUT2D eigenvalue weighted by molar-refractivity contribution is -0.224. The highest BCUT2D eigenvalue weighted by Crippen LogP contribution is 2.75. The molecule has 0 aromatic heterocycles. The zero-order valence-electron chi connectivity index (χ0n) is 29.3. The summed E-state index contributed by atoms with van der Waals surface area (Å²) < 4.78 is 5.22. The minimum absolute atomic E-state index is 0.0792. The van der Waals surface area contributed by atoms with Crippen LogP contribution >= 0.6 is 0 Å². The minimum atomic E-state index is 0.0792. The van der Waals surface area contributed by atoms with E-state index in [0.29, 0.717) is 48.0 Å². The zero-order chi connectivity index (χ0) is 31.9. The van der Waals surface area contributed by atoms with Crippen LogP contribution in [0.4, 0.5) is 0 Å². The molecule has 0 radical (unpaired) electrons. The van der Waals surface area contributed by atoms with E-state index in [1.54, 1.807) is 25.7 Å². The third-order valence-electron chi connectivity index (χ3n) is 15.9. The highest BCUT2D eigenvalue weighted by Gasteiger charge is 2.67. The Balaban J connectivity index is 0.000000184. The number of rotatable bonds is 3. The monoisotopic (exact) mass is 611 g/mol. The molecule has 0 aromatic carbocycles. The normalized spacial score (nSPS) is 49.1. The van der Waals surface area contributed by atoms with Crippen LogP contribution in [0.1, 0.15) is 125 Å². The molecule has 12 atom stereocenters. The van der Waals surface area contributed by atoms with Gasteiger partial charge in [-0.2, -0.15) is 0 Å². The van der Waals surface area contributed by atoms with Crippen LogP contribution in [0, 0.1) is 63.1 Å². The number of carbonyl (C=O) groups is 2. The first-order valence-corrected chi connectivity index (χ1v) is 18.5. The third kappa shape index (κ3) is 5.41. The van der Waals surface area contributed by atoms with E-state index < -0.39 is 0 Å². The lowest BCUT2D eigenvalue weighted by Gasteiger charge is -2.71. The van der Waals surface area contributed by atoms with Crippen molar-refractivity contribution in [1.29, 1.82) is 0 Å². The molecule has 7 aliphatic rings. The van der Waals surface area contributed by atoms with Gasteiger partial charge in [-0.3, -0.25) is 9.59 Å². The number of carbonyl (C=O) groups excluding carboxylic acids is 2. The summed E-state index contributed by atoms with van der Waals surface area (Å²) in [7, 11) is 0. The molecule has 1 N–H and O–H groups in total. The maximum atomic E-state index is 12.1. The van der Waals surface area contributed by atoms with Crippen LogP contribution < -0.4 is 5.32 Å². The lowest BCUT2D eigenvalue weighted by atomic mass is 9.33. The topological polar surface area (TPSA) is 58.6 Å². The largest absolute Gasteiger partial charge is 0.378 e. The molecule has 1 saturated heterocycles. The Morgan fingerprint density at radius 2 is 1.52 bits per heavy atom. The van der Waals surface area contributed by atoms with Gasteiger partial charge < -0.3 is 15.0 Å². The van der Waals surface area contributed by atoms with Crippen molar-refractivity contribution in [2.45, 2.75) is 131 Å². The van der Waals surface area contributed by atoms with Crippen molar-refractivity contribution in [3.63, 3.8) is 0 Å². The van der Waals surface area contributed by atoms with Crippen molar-refractivity contribution in [1.82, 2.24) is 10.2 Å². The maximum absolute atomic E-state index is 12.1. The summed E-state index contributed by atoms with van der Waals surface area (Å²) in [6, 6.07) is 0.174. The Morgan fingerprint density at radius 3 is 2.20 bits per heavy atom. The molecule has 7 rings (SSSR count). The summed E-state index contributed by atoms with van der Waals surface area (Å²) in [6.45, 7) is 24.3. The number of amides is 2. The van der Waals surface area contributed by atoms with Crippen molar-refractivity contribution in [2.24, 2.45) is 63.1 Å². The highest BCUT2D eigenvalue weighted by atomic mass is 16.5. The molecule has 44 heavy (non-hydrogen) atoms. The fraction of sp³-hybridized carbons (Fsp3) is 0.897. The lowest BCUT2D eigenvalue weighted by Crippen LogP contribution is -2.64. The molecule has 1 aliphatic heterocycles. The first-order valence-electron chi connectivity index (χ1n) is 18.5. The quantitative estimate of drug-likeness (QED) is 0.258. The highest BCUT2D eigenvalue weighted by molar-refractivity contribution is 5.80. The fourth-order valence-electron chi connectivity index (χ4n) is 13.0. The smallest absolute Gasteiger partial charge is 0.226 e. The molecule has 6 saturated carbocycles. The van der Waals surface area contributed by atoms with Crippen LogP contribution in [0.3, 0.4) is 0 Å². The summed E-state index contributed by atoms with van der Waals surface area (Å²) in [5, 5.41) is 2.74. The van der Waals surface area contributed by atoms with Gasteiger partial charge in [0.25, 0.3) is 0 Å². The van der Waals surface area contributed by atoms with Crippen LogP contribution in [0.5, 0.6) is 0 Å². The van der Waals surface area contributed by atoms with Gasteiger partial charge in [0.1, 0.15) is 0 Å². The molecular weight excluding hydrogens is 544 g/mol. The van der Waals surface area contributed by atoms with Crippen molar-refractivity contribution in [3.05, 3.63) is 13.2 Å². The summed E-state index contributed by atoms with van der Waals surface area (Å²) in [5.41, 5.74) is 2.59. The van der Waals surface area contributed by atoms with Crippen LogP contribution in [0.2, 0.25) is 0 Å². The molecule has 7 fully saturated rings. The fourth-order valence-corrected chi connectivity index (χ4v) is 13.0. The van der Waals surface area contributed by atoms with Gasteiger partial charge in [-0.25, -0.2) is 0 Å². The average Bonchev–Trinajstić information content (AvgIpc) is 3.42. The molecule has 250 valence electrons. The second-order valence-corrected chi connectivity index (χ2v) is 17.3. The summed E-state index contributed by atoms with van der Waals surface area (Å²) in [6.07, 6.45) is 19.9. The SMILES string of the molecule is C=C.CC1C(NC=O)CC1C(=O)N1CCOCC1.CC1CCCC2(C)C1CCC1(C)C2CCC2C3CCCC3(C)CC[C@]21C. The Labute approximate surface area is 270 Å². The predicted octanol–water partition coefficient (Wildman–Crippen LogP) is 8.28. The van der Waals surface area contributed by atoms with Crippen LogP contribution in [-0.2, 0) is 14.3 Å². The number of hydrogen-bond donors (Lipinski definition) is 1. The Hall–Kier alpha value is -1.36. The number of nitrogens with one attached hydrogen (secondary N) is 1. The second-order valence-electron chi connectivity index (χ2n) is 17.3. The van der Waals surface area contributed by atoms with Crippen LogP contribution in [0.25, 0.3) is 0 Å². The molecule has 2 amide bonds. The van der Waals surface area contributed by atoms with E-state index >= 15 is 0 Å². The molecule has 0 aromatic rings. The molecule has 11 unspecified atom stereocenters. The van der Waals surface area contributed by atoms with Crippen LogP contribution in [0.15, 0.2) is 13.2 Å². The van der Waals surface area contributed by atoms with Crippen molar-refractivity contribution in [3.8, 4) is 0 Å². The summed E-state index contributed by atoms with van der Waals surface area (Å²) >= 11 is 0. The third-order valence-corrected chi connectivity index (χ3v) is 15.9. The van der Waals surface area contributed by atoms with E-state index in [1.165, 1.54) is 51.4 Å². The number of hydrogen-bond acceptors (Lipinski definition) is 3. The van der Waals surface area contributed by atoms with E-state index in [1.807, 2.05) is 11.8 Å². The number of nitrogens with zero attached hydrogens (tertiary/aromatic N) is 1. The van der Waals surface area contributed by atoms with Gasteiger partial charge in [0.15, 0.2) is 0 Å². The van der Waals surface area contributed by atoms with E-state index in [9.17, 15) is 9.59 Å². The van der Waals surface area contributed by atoms with Gasteiger partial charge in [-0.1, -0.05) is 60.8 Å². The number of morpholine rings is 1. The van der Waals surface area contributed by atoms with Gasteiger partial charge in [0.2, 0.25) is 12.3 Å². The Morgan fingerprint density at radius 1 is 0.818 bits per heavy atom. The summed E-state index contributed by atoms with van der Waals surface area (Å²) in [5.74, 6) is 5.64. The van der Waals surface area contributed by atoms with Gasteiger partial charge in [-0.05, 0) is 121 Å². The molecule has 5 heteroatoms. The summed E-state index contributed by atoms with van der Waals surface area (Å²) in [4.78, 5) is 24.3. The maximum Gasteiger partial charge on any atom is 0.226 e. The standard InChI is InChI=1S/C26H44.C11H18N2O3.C2H4/c1-18-8-6-14-24(3)19(18)12-15-26(5)22(24)11-10-21-20-9-7-13-23(20,2)16-17-25(21,26)4;1-8-9(6-10(8)12-7-14)11(15)13-2-4-16-5-3-13;1-2/h18-22H,6-17H2,1-5H3;7-10H,2-6H2,1H3,(H,12,14);1-2H2/t18?,19?,20?,21?,22?,23?,24?,25-,26?;;/m1../s1. The number of fused-ring (bicyclic) bond motifs is 7. The van der Waals surface area contributed by atoms with Crippen molar-refractivity contribution >= 4 is 12.3 Å². The van der Waals surface area contributed by atoms with Gasteiger partial charge >= 0.3 is 0 Å². The van der Waals surface area contributed by atoms with E-state index in [2.05, 4.69) is 53.1 Å². The molecular formula is C39H66N2O3. The van der Waals surface area contributed by atoms with Crippen molar-refractivity contribution in [2.75, 3.05) is 26.3 Å². The van der Waals surface area contributed by atoms with Crippen LogP contribution in [-0.4, -0.2) is 49.6 Å². The molecule has 6 aliphatic carbocycles. The predicted molar refractivity (Wildman–Crippen MR) is 180 cm³/mol. The molecule has 0 bridgehead atoms. The zero-order valence-corrected chi connectivity index (χ0v) is 29.3. The molecule has 0 spiro atoms. The van der Waals surface area contributed by atoms with Gasteiger partial charge in [0.05, 0.1) is 13.2 Å². The first kappa shape index (κ1) is 34.0.